The van der Waals surface area contributed by atoms with Gasteiger partial charge in [-0.3, -0.25) is 9.52 Å². The van der Waals surface area contributed by atoms with Crippen molar-refractivity contribution in [3.8, 4) is 5.75 Å². The molecule has 2 N–H and O–H groups in total. The van der Waals surface area contributed by atoms with Crippen LogP contribution >= 0.6 is 0 Å². The molecule has 156 valence electrons. The molecule has 0 saturated carbocycles. The maximum absolute atomic E-state index is 12.7. The van der Waals surface area contributed by atoms with Crippen LogP contribution < -0.4 is 14.8 Å². The number of rotatable bonds is 7. The molecule has 0 radical (unpaired) electrons. The van der Waals surface area contributed by atoms with E-state index < -0.39 is 15.9 Å². The van der Waals surface area contributed by atoms with Gasteiger partial charge in [-0.1, -0.05) is 29.8 Å². The maximum atomic E-state index is 12.7. The van der Waals surface area contributed by atoms with E-state index in [1.54, 1.807) is 42.5 Å². The van der Waals surface area contributed by atoms with Gasteiger partial charge in [-0.15, -0.1) is 0 Å². The predicted molar refractivity (Wildman–Crippen MR) is 119 cm³/mol. The lowest BCUT2D eigenvalue weighted by molar-refractivity contribution is 0.102. The van der Waals surface area contributed by atoms with Crippen molar-refractivity contribution in [2.75, 3.05) is 10.0 Å². The summed E-state index contributed by atoms with van der Waals surface area (Å²) in [5.74, 6) is 0.227. The average Bonchev–Trinajstić information content (AvgIpc) is 2.69. The normalized spacial score (nSPS) is 11.2. The van der Waals surface area contributed by atoms with Crippen LogP contribution in [0.4, 0.5) is 11.4 Å². The lowest BCUT2D eigenvalue weighted by atomic mass is 10.2. The zero-order chi connectivity index (χ0) is 21.7. The largest absolute Gasteiger partial charge is 0.491 e. The molecule has 0 bridgehead atoms. The van der Waals surface area contributed by atoms with Crippen LogP contribution in [0.25, 0.3) is 0 Å². The quantitative estimate of drug-likeness (QED) is 0.569. The molecule has 0 aromatic heterocycles. The fourth-order valence-electron chi connectivity index (χ4n) is 2.76. The molecule has 0 aliphatic carbocycles. The van der Waals surface area contributed by atoms with Crippen LogP contribution in [0.5, 0.6) is 5.75 Å². The number of hydrogen-bond donors (Lipinski definition) is 2. The van der Waals surface area contributed by atoms with E-state index in [1.807, 2.05) is 32.9 Å². The number of sulfonamides is 1. The Balaban J connectivity index is 1.77. The minimum atomic E-state index is -3.83. The van der Waals surface area contributed by atoms with Crippen molar-refractivity contribution >= 4 is 27.3 Å². The van der Waals surface area contributed by atoms with Gasteiger partial charge in [-0.05, 0) is 63.2 Å². The highest BCUT2D eigenvalue weighted by Crippen LogP contribution is 2.21. The third kappa shape index (κ3) is 5.61. The van der Waals surface area contributed by atoms with E-state index in [4.69, 9.17) is 4.74 Å². The van der Waals surface area contributed by atoms with Crippen LogP contribution in [0.3, 0.4) is 0 Å². The van der Waals surface area contributed by atoms with Crippen molar-refractivity contribution in [3.63, 3.8) is 0 Å². The van der Waals surface area contributed by atoms with Gasteiger partial charge in [0.2, 0.25) is 0 Å². The van der Waals surface area contributed by atoms with Gasteiger partial charge in [0.05, 0.1) is 11.0 Å². The first-order chi connectivity index (χ1) is 14.2. The summed E-state index contributed by atoms with van der Waals surface area (Å²) >= 11 is 0. The van der Waals surface area contributed by atoms with Gasteiger partial charge in [-0.25, -0.2) is 8.42 Å². The Bertz CT molecular complexity index is 1140. The number of hydrogen-bond acceptors (Lipinski definition) is 4. The number of carbonyl (C=O) groups excluding carboxylic acids is 1. The molecule has 3 rings (SSSR count). The summed E-state index contributed by atoms with van der Waals surface area (Å²) in [7, 11) is -3.83. The maximum Gasteiger partial charge on any atom is 0.261 e. The van der Waals surface area contributed by atoms with E-state index in [2.05, 4.69) is 10.0 Å². The topological polar surface area (TPSA) is 84.5 Å². The molecular formula is C23H24N2O4S. The lowest BCUT2D eigenvalue weighted by Crippen LogP contribution is -2.16. The van der Waals surface area contributed by atoms with Crippen molar-refractivity contribution in [2.24, 2.45) is 0 Å². The molecule has 0 unspecified atom stereocenters. The summed E-state index contributed by atoms with van der Waals surface area (Å²) < 4.78 is 33.6. The van der Waals surface area contributed by atoms with Gasteiger partial charge in [0, 0.05) is 23.0 Å². The fourth-order valence-corrected chi connectivity index (χ4v) is 3.87. The molecular weight excluding hydrogens is 400 g/mol. The summed E-state index contributed by atoms with van der Waals surface area (Å²) in [5.41, 5.74) is 2.28. The molecule has 0 aliphatic rings. The van der Waals surface area contributed by atoms with Gasteiger partial charge in [0.1, 0.15) is 5.75 Å². The molecule has 1 amide bonds. The van der Waals surface area contributed by atoms with E-state index in [1.165, 1.54) is 18.2 Å². The number of ether oxygens (including phenoxy) is 1. The third-order valence-corrected chi connectivity index (χ3v) is 5.55. The number of anilines is 2. The average molecular weight is 425 g/mol. The molecule has 3 aromatic rings. The molecule has 0 fully saturated rings. The Kier molecular flexibility index (Phi) is 6.42. The first-order valence-corrected chi connectivity index (χ1v) is 11.0. The van der Waals surface area contributed by atoms with Gasteiger partial charge in [0.15, 0.2) is 0 Å². The Hall–Kier alpha value is -3.32. The highest BCUT2D eigenvalue weighted by Gasteiger charge is 2.17. The molecule has 30 heavy (non-hydrogen) atoms. The monoisotopic (exact) mass is 424 g/mol. The zero-order valence-electron chi connectivity index (χ0n) is 17.0. The Labute approximate surface area is 177 Å². The summed E-state index contributed by atoms with van der Waals surface area (Å²) in [6.07, 6.45) is 0.0128. The second kappa shape index (κ2) is 9.00. The highest BCUT2D eigenvalue weighted by atomic mass is 32.2. The Morgan fingerprint density at radius 1 is 0.900 bits per heavy atom. The lowest BCUT2D eigenvalue weighted by Gasteiger charge is -2.12. The van der Waals surface area contributed by atoms with Crippen molar-refractivity contribution in [1.82, 2.24) is 0 Å². The van der Waals surface area contributed by atoms with Crippen molar-refractivity contribution in [1.29, 1.82) is 0 Å². The summed E-state index contributed by atoms with van der Waals surface area (Å²) in [4.78, 5) is 12.7. The zero-order valence-corrected chi connectivity index (χ0v) is 17.9. The molecule has 0 aliphatic heterocycles. The van der Waals surface area contributed by atoms with Crippen LogP contribution in [-0.2, 0) is 10.0 Å². The summed E-state index contributed by atoms with van der Waals surface area (Å²) in [5, 5.41) is 2.77. The van der Waals surface area contributed by atoms with Crippen LogP contribution in [0, 0.1) is 6.92 Å². The smallest absolute Gasteiger partial charge is 0.261 e. The van der Waals surface area contributed by atoms with Gasteiger partial charge < -0.3 is 10.1 Å². The molecule has 7 heteroatoms. The van der Waals surface area contributed by atoms with Crippen LogP contribution in [0.1, 0.15) is 29.8 Å². The highest BCUT2D eigenvalue weighted by molar-refractivity contribution is 7.92. The number of aryl methyl sites for hydroxylation is 1. The molecule has 3 aromatic carbocycles. The standard InChI is InChI=1S/C23H24N2O4S/c1-16(2)29-21-8-5-7-20(15-21)24-23(26)18-6-4-9-22(14-18)30(27,28)25-19-12-10-17(3)11-13-19/h4-16,25H,1-3H3,(H,24,26). The SMILES string of the molecule is Cc1ccc(NS(=O)(=O)c2cccc(C(=O)Nc3cccc(OC(C)C)c3)c2)cc1. The second-order valence-electron chi connectivity index (χ2n) is 7.15. The summed E-state index contributed by atoms with van der Waals surface area (Å²) in [6, 6.07) is 20.0. The van der Waals surface area contributed by atoms with E-state index >= 15 is 0 Å². The predicted octanol–water partition coefficient (Wildman–Crippen LogP) is 4.84. The first kappa shape index (κ1) is 21.4. The minimum absolute atomic E-state index is 0.00705. The minimum Gasteiger partial charge on any atom is -0.491 e. The van der Waals surface area contributed by atoms with E-state index in [0.717, 1.165) is 5.56 Å². The number of nitrogens with one attached hydrogen (secondary N) is 2. The molecule has 0 atom stereocenters. The number of amides is 1. The number of carbonyl (C=O) groups is 1. The van der Waals surface area contributed by atoms with Crippen molar-refractivity contribution in [3.05, 3.63) is 83.9 Å². The Morgan fingerprint density at radius 3 is 2.30 bits per heavy atom. The van der Waals surface area contributed by atoms with Crippen LogP contribution in [0.2, 0.25) is 0 Å². The van der Waals surface area contributed by atoms with Gasteiger partial charge in [0.25, 0.3) is 15.9 Å². The van der Waals surface area contributed by atoms with E-state index in [9.17, 15) is 13.2 Å². The van der Waals surface area contributed by atoms with Crippen LogP contribution in [-0.4, -0.2) is 20.4 Å². The fraction of sp³-hybridized carbons (Fsp3) is 0.174. The molecule has 0 spiro atoms. The van der Waals surface area contributed by atoms with E-state index in [0.29, 0.717) is 17.1 Å². The van der Waals surface area contributed by atoms with Gasteiger partial charge >= 0.3 is 0 Å². The molecule has 0 heterocycles. The van der Waals surface area contributed by atoms with Crippen LogP contribution in [0.15, 0.2) is 77.7 Å². The summed E-state index contributed by atoms with van der Waals surface area (Å²) in [6.45, 7) is 5.76. The second-order valence-corrected chi connectivity index (χ2v) is 8.83. The third-order valence-electron chi connectivity index (χ3n) is 4.17. The van der Waals surface area contributed by atoms with Gasteiger partial charge in [-0.2, -0.15) is 0 Å². The first-order valence-electron chi connectivity index (χ1n) is 9.50. The van der Waals surface area contributed by atoms with E-state index in [-0.39, 0.29) is 16.6 Å². The molecule has 0 saturated heterocycles. The van der Waals surface area contributed by atoms with Crippen molar-refractivity contribution in [2.45, 2.75) is 31.8 Å². The molecule has 6 nitrogen and oxygen atoms in total. The number of benzene rings is 3. The van der Waals surface area contributed by atoms with Crippen molar-refractivity contribution < 1.29 is 17.9 Å². The Morgan fingerprint density at radius 2 is 1.60 bits per heavy atom.